The molecule has 410 valence electrons. The lowest BCUT2D eigenvalue weighted by atomic mass is 9.77. The predicted molar refractivity (Wildman–Crippen MR) is 279 cm³/mol. The van der Waals surface area contributed by atoms with Gasteiger partial charge in [-0.05, 0) is 111 Å². The van der Waals surface area contributed by atoms with E-state index < -0.39 is 94.6 Å². The Kier molecular flexibility index (Phi) is 17.5. The number of rotatable bonds is 19. The summed E-state index contributed by atoms with van der Waals surface area (Å²) in [6, 6.07) is 0.0897. The molecule has 2 unspecified atom stereocenters. The maximum atomic E-state index is 15.0. The number of likely N-dealkylation sites (tertiary alicyclic amines) is 1. The molecule has 9 atom stereocenters. The summed E-state index contributed by atoms with van der Waals surface area (Å²) >= 11 is 0. The van der Waals surface area contributed by atoms with E-state index in [1.807, 2.05) is 47.6 Å². The van der Waals surface area contributed by atoms with Gasteiger partial charge in [-0.2, -0.15) is 0 Å². The Hall–Kier alpha value is -6.40. The highest BCUT2D eigenvalue weighted by Crippen LogP contribution is 2.39. The van der Waals surface area contributed by atoms with Gasteiger partial charge in [0.15, 0.2) is 0 Å². The van der Waals surface area contributed by atoms with Crippen LogP contribution in [0.1, 0.15) is 199 Å². The number of nitrogens with zero attached hydrogens (tertiary/aromatic N) is 4. The van der Waals surface area contributed by atoms with Gasteiger partial charge in [0.05, 0.1) is 29.1 Å². The number of amides is 9. The summed E-state index contributed by atoms with van der Waals surface area (Å²) in [5, 5.41) is 13.9. The maximum absolute atomic E-state index is 15.0. The average Bonchev–Trinajstić information content (AvgIpc) is 4.12. The number of fused-ring (bicyclic) bond motifs is 1. The molecule has 2 saturated heterocycles. The molecule has 4 heterocycles. The van der Waals surface area contributed by atoms with E-state index in [1.54, 1.807) is 23.2 Å². The molecule has 19 heteroatoms. The van der Waals surface area contributed by atoms with Crippen molar-refractivity contribution < 1.29 is 47.9 Å². The van der Waals surface area contributed by atoms with E-state index in [2.05, 4.69) is 31.6 Å². The van der Waals surface area contributed by atoms with Gasteiger partial charge in [0.2, 0.25) is 35.3 Å². The number of carbonyl (C=O) groups is 10. The SMILES string of the molecule is CCC[C@@H]1[C@@H](C(=O)N[C@H](CCC)C(=O)C(=O)NC2CC2)N(C(=O)[C@@H](NC(=O)[C@@H](NC(=O)c2cnc([C@H]3CCCC(Cc4ccc5c(c4)C(=O)N(C4CCC(=O)NC4=O)C5=O)C3)cn2)C2CCCCC2)C(C)(C)C)C[C@@H]1C. The highest BCUT2D eigenvalue weighted by Gasteiger charge is 2.50. The third-order valence-corrected chi connectivity index (χ3v) is 16.7. The zero-order valence-electron chi connectivity index (χ0n) is 45.0. The summed E-state index contributed by atoms with van der Waals surface area (Å²) in [6.07, 6.45) is 15.3. The van der Waals surface area contributed by atoms with E-state index in [9.17, 15) is 43.2 Å². The van der Waals surface area contributed by atoms with Crippen LogP contribution < -0.4 is 26.6 Å². The van der Waals surface area contributed by atoms with Gasteiger partial charge in [0.25, 0.3) is 23.6 Å². The number of benzene rings is 1. The van der Waals surface area contributed by atoms with Gasteiger partial charge in [0, 0.05) is 31.1 Å². The molecule has 9 amide bonds. The van der Waals surface area contributed by atoms with Crippen LogP contribution in [0.3, 0.4) is 0 Å². The second kappa shape index (κ2) is 23.9. The van der Waals surface area contributed by atoms with Crippen molar-refractivity contribution in [1.82, 2.24) is 46.4 Å². The van der Waals surface area contributed by atoms with Gasteiger partial charge >= 0.3 is 0 Å². The fourth-order valence-electron chi connectivity index (χ4n) is 12.4. The Balaban J connectivity index is 0.927. The van der Waals surface area contributed by atoms with Gasteiger partial charge in [-0.25, -0.2) is 4.98 Å². The van der Waals surface area contributed by atoms with Crippen molar-refractivity contribution in [3.05, 3.63) is 58.7 Å². The molecule has 2 aromatic rings. The molecule has 3 aliphatic carbocycles. The Labute approximate surface area is 445 Å². The summed E-state index contributed by atoms with van der Waals surface area (Å²) in [5.74, 6) is -5.83. The van der Waals surface area contributed by atoms with Crippen LogP contribution in [0.5, 0.6) is 0 Å². The fourth-order valence-corrected chi connectivity index (χ4v) is 12.4. The molecule has 0 radical (unpaired) electrons. The largest absolute Gasteiger partial charge is 0.347 e. The second-order valence-electron chi connectivity index (χ2n) is 23.6. The monoisotopic (exact) mass is 1050 g/mol. The summed E-state index contributed by atoms with van der Waals surface area (Å²) < 4.78 is 0. The number of carbonyl (C=O) groups excluding carboxylic acids is 10. The van der Waals surface area contributed by atoms with Crippen molar-refractivity contribution in [2.75, 3.05) is 6.54 Å². The Bertz CT molecular complexity index is 2590. The zero-order chi connectivity index (χ0) is 54.6. The zero-order valence-corrected chi connectivity index (χ0v) is 45.0. The number of imide groups is 2. The molecule has 3 aliphatic heterocycles. The predicted octanol–water partition coefficient (Wildman–Crippen LogP) is 5.00. The molecule has 1 aromatic carbocycles. The molecule has 1 aromatic heterocycles. The first-order valence-corrected chi connectivity index (χ1v) is 28.0. The molecule has 76 heavy (non-hydrogen) atoms. The van der Waals surface area contributed by atoms with E-state index in [0.29, 0.717) is 32.1 Å². The molecule has 3 saturated carbocycles. The molecule has 19 nitrogen and oxygen atoms in total. The van der Waals surface area contributed by atoms with E-state index in [1.165, 1.54) is 6.20 Å². The fraction of sp³-hybridized carbons (Fsp3) is 0.649. The number of hydrogen-bond acceptors (Lipinski definition) is 12. The van der Waals surface area contributed by atoms with E-state index in [0.717, 1.165) is 80.4 Å². The molecule has 0 spiro atoms. The molecule has 5 fully saturated rings. The van der Waals surface area contributed by atoms with E-state index in [4.69, 9.17) is 4.98 Å². The van der Waals surface area contributed by atoms with E-state index in [-0.39, 0.29) is 78.3 Å². The van der Waals surface area contributed by atoms with Gasteiger partial charge in [-0.1, -0.05) is 92.6 Å². The van der Waals surface area contributed by atoms with Gasteiger partial charge in [0.1, 0.15) is 29.9 Å². The van der Waals surface area contributed by atoms with Crippen LogP contribution in [0, 0.1) is 29.1 Å². The number of Topliss-reactive ketones (excluding diaryl/α,β-unsaturated/α-hetero) is 1. The smallest absolute Gasteiger partial charge is 0.289 e. The lowest BCUT2D eigenvalue weighted by molar-refractivity contribution is -0.146. The van der Waals surface area contributed by atoms with Crippen LogP contribution in [0.15, 0.2) is 30.6 Å². The first-order valence-electron chi connectivity index (χ1n) is 28.0. The van der Waals surface area contributed by atoms with Crippen LogP contribution >= 0.6 is 0 Å². The molecular formula is C57H77N9O10. The molecule has 0 bridgehead atoms. The number of piperidine rings is 1. The quantitative estimate of drug-likeness (QED) is 0.0920. The Morgan fingerprint density at radius 1 is 0.816 bits per heavy atom. The van der Waals surface area contributed by atoms with E-state index >= 15 is 4.79 Å². The van der Waals surface area contributed by atoms with Gasteiger partial charge < -0.3 is 26.2 Å². The first kappa shape index (κ1) is 55.8. The highest BCUT2D eigenvalue weighted by molar-refractivity contribution is 6.38. The molecular weight excluding hydrogens is 971 g/mol. The number of ketones is 1. The third-order valence-electron chi connectivity index (χ3n) is 16.7. The second-order valence-corrected chi connectivity index (χ2v) is 23.6. The van der Waals surface area contributed by atoms with Crippen LogP contribution in [0.25, 0.3) is 0 Å². The third kappa shape index (κ3) is 12.5. The summed E-state index contributed by atoms with van der Waals surface area (Å²) in [6.45, 7) is 11.7. The van der Waals surface area contributed by atoms with Crippen LogP contribution in [0.2, 0.25) is 0 Å². The maximum Gasteiger partial charge on any atom is 0.289 e. The summed E-state index contributed by atoms with van der Waals surface area (Å²) in [7, 11) is 0. The molecule has 8 rings (SSSR count). The normalized spacial score (nSPS) is 25.2. The van der Waals surface area contributed by atoms with Crippen molar-refractivity contribution in [2.24, 2.45) is 29.1 Å². The van der Waals surface area contributed by atoms with Crippen LogP contribution in [-0.4, -0.2) is 122 Å². The van der Waals surface area contributed by atoms with Gasteiger partial charge in [-0.15, -0.1) is 0 Å². The standard InChI is InChI=1S/C57H77N9O10/c1-7-13-37-31(3)30-65(46(37)52(72)61-40(14-8-2)47(68)53(73)60-36-20-21-36)56(76)48(57(4,5)6)64-51(71)45(34-16-10-9-11-17-34)63-49(69)42-29-58-41(28-59-42)35-18-12-15-32(26-35)25-33-19-22-38-39(27-33)55(75)66(54(38)74)43-23-24-44(67)62-50(43)70/h19,22,27-29,31-32,34-37,40,43,45-46,48H,7-18,20-21,23-26,30H2,1-6H3,(H,60,73)(H,61,72)(H,63,69)(H,64,71)(H,62,67,70)/t31-,32?,35-,37-,40+,43?,45-,46-,48+/m0/s1. The average molecular weight is 1050 g/mol. The number of aromatic nitrogens is 2. The number of nitrogens with one attached hydrogen (secondary N) is 5. The lowest BCUT2D eigenvalue weighted by Crippen LogP contribution is -2.62. The Morgan fingerprint density at radius 3 is 2.21 bits per heavy atom. The molecule has 6 aliphatic rings. The topological polar surface area (TPSA) is 263 Å². The Morgan fingerprint density at radius 2 is 1.55 bits per heavy atom. The summed E-state index contributed by atoms with van der Waals surface area (Å²) in [5.41, 5.74) is 1.33. The van der Waals surface area contributed by atoms with Crippen molar-refractivity contribution in [3.63, 3.8) is 0 Å². The molecule has 5 N–H and O–H groups in total. The summed E-state index contributed by atoms with van der Waals surface area (Å²) in [4.78, 5) is 147. The minimum Gasteiger partial charge on any atom is -0.347 e. The highest BCUT2D eigenvalue weighted by atomic mass is 16.2. The van der Waals surface area contributed by atoms with Crippen molar-refractivity contribution in [1.29, 1.82) is 0 Å². The van der Waals surface area contributed by atoms with Crippen molar-refractivity contribution in [3.8, 4) is 0 Å². The van der Waals surface area contributed by atoms with Crippen LogP contribution in [-0.2, 0) is 40.0 Å². The van der Waals surface area contributed by atoms with Crippen molar-refractivity contribution >= 4 is 58.9 Å². The number of hydrogen-bond donors (Lipinski definition) is 5. The van der Waals surface area contributed by atoms with Gasteiger partial charge in [-0.3, -0.25) is 63.1 Å². The minimum atomic E-state index is -1.09. The minimum absolute atomic E-state index is 0.0279. The lowest BCUT2D eigenvalue weighted by Gasteiger charge is -2.38. The van der Waals surface area contributed by atoms with Crippen molar-refractivity contribution in [2.45, 2.75) is 199 Å². The van der Waals surface area contributed by atoms with Crippen LogP contribution in [0.4, 0.5) is 0 Å². The first-order chi connectivity index (χ1) is 36.3.